The highest BCUT2D eigenvalue weighted by molar-refractivity contribution is 7.10. The molecule has 0 saturated heterocycles. The van der Waals surface area contributed by atoms with Gasteiger partial charge in [-0.15, -0.1) is 11.3 Å². The molecule has 1 aromatic carbocycles. The molecule has 0 spiro atoms. The number of phenols is 1. The van der Waals surface area contributed by atoms with Gasteiger partial charge in [-0.3, -0.25) is 0 Å². The van der Waals surface area contributed by atoms with Crippen molar-refractivity contribution >= 4 is 11.3 Å². The summed E-state index contributed by atoms with van der Waals surface area (Å²) in [6.45, 7) is 2.93. The van der Waals surface area contributed by atoms with Crippen LogP contribution in [0.15, 0.2) is 35.7 Å². The molecule has 3 nitrogen and oxygen atoms in total. The summed E-state index contributed by atoms with van der Waals surface area (Å²) in [7, 11) is 1.56. The minimum atomic E-state index is 0.190. The van der Waals surface area contributed by atoms with Gasteiger partial charge in [0.2, 0.25) is 0 Å². The Labute approximate surface area is 124 Å². The maximum absolute atomic E-state index is 9.79. The van der Waals surface area contributed by atoms with Gasteiger partial charge in [-0.1, -0.05) is 25.5 Å². The van der Waals surface area contributed by atoms with E-state index >= 15 is 0 Å². The number of benzene rings is 1. The summed E-state index contributed by atoms with van der Waals surface area (Å²) in [5.74, 6) is 0.701. The van der Waals surface area contributed by atoms with E-state index in [2.05, 4.69) is 29.8 Å². The van der Waals surface area contributed by atoms with Crippen LogP contribution in [0, 0.1) is 0 Å². The Balaban J connectivity index is 2.00. The van der Waals surface area contributed by atoms with Crippen LogP contribution in [0.2, 0.25) is 0 Å². The normalized spacial score (nSPS) is 12.3. The lowest BCUT2D eigenvalue weighted by Crippen LogP contribution is -2.19. The minimum absolute atomic E-state index is 0.190. The minimum Gasteiger partial charge on any atom is -0.504 e. The Hall–Kier alpha value is -1.52. The molecule has 20 heavy (non-hydrogen) atoms. The molecular formula is C16H21NO2S. The van der Waals surface area contributed by atoms with Crippen LogP contribution in [-0.4, -0.2) is 12.2 Å². The van der Waals surface area contributed by atoms with Gasteiger partial charge in [0.05, 0.1) is 7.11 Å². The molecule has 0 aliphatic heterocycles. The summed E-state index contributed by atoms with van der Waals surface area (Å²) in [6.07, 6.45) is 2.26. The quantitative estimate of drug-likeness (QED) is 0.807. The van der Waals surface area contributed by atoms with E-state index < -0.39 is 0 Å². The van der Waals surface area contributed by atoms with Crippen LogP contribution < -0.4 is 10.1 Å². The Morgan fingerprint density at radius 2 is 2.20 bits per heavy atom. The average Bonchev–Trinajstić information content (AvgIpc) is 2.97. The number of phenolic OH excluding ortho intramolecular Hbond substituents is 1. The molecule has 0 bridgehead atoms. The first-order valence-electron chi connectivity index (χ1n) is 6.87. The van der Waals surface area contributed by atoms with Gasteiger partial charge < -0.3 is 15.2 Å². The van der Waals surface area contributed by atoms with Crippen molar-refractivity contribution in [1.82, 2.24) is 5.32 Å². The number of nitrogens with one attached hydrogen (secondary N) is 1. The molecule has 1 heterocycles. The predicted octanol–water partition coefficient (Wildman–Crippen LogP) is 4.09. The standard InChI is InChI=1S/C16H21NO2S/c1-3-5-13(16-6-4-9-20-16)17-11-12-7-8-15(19-2)14(18)10-12/h4,6-10,13,17-18H,3,5,11H2,1-2H3. The number of thiophene rings is 1. The summed E-state index contributed by atoms with van der Waals surface area (Å²) in [6, 6.07) is 10.2. The number of rotatable bonds is 7. The van der Waals surface area contributed by atoms with Gasteiger partial charge in [-0.25, -0.2) is 0 Å². The largest absolute Gasteiger partial charge is 0.504 e. The van der Waals surface area contributed by atoms with Crippen LogP contribution in [0.1, 0.15) is 36.2 Å². The molecule has 2 N–H and O–H groups in total. The van der Waals surface area contributed by atoms with Gasteiger partial charge in [0.25, 0.3) is 0 Å². The molecule has 0 aliphatic rings. The topological polar surface area (TPSA) is 41.5 Å². The fourth-order valence-corrected chi connectivity index (χ4v) is 3.05. The lowest BCUT2D eigenvalue weighted by atomic mass is 10.1. The number of hydrogen-bond acceptors (Lipinski definition) is 4. The molecule has 2 aromatic rings. The highest BCUT2D eigenvalue weighted by atomic mass is 32.1. The van der Waals surface area contributed by atoms with Crippen molar-refractivity contribution in [3.05, 3.63) is 46.2 Å². The van der Waals surface area contributed by atoms with Crippen molar-refractivity contribution in [3.63, 3.8) is 0 Å². The Morgan fingerprint density at radius 3 is 2.80 bits per heavy atom. The van der Waals surface area contributed by atoms with E-state index in [1.165, 1.54) is 4.88 Å². The Kier molecular flexibility index (Phi) is 5.44. The van der Waals surface area contributed by atoms with Crippen LogP contribution in [-0.2, 0) is 6.54 Å². The van der Waals surface area contributed by atoms with Gasteiger partial charge in [0, 0.05) is 17.5 Å². The maximum atomic E-state index is 9.79. The van der Waals surface area contributed by atoms with Crippen molar-refractivity contribution in [2.24, 2.45) is 0 Å². The smallest absolute Gasteiger partial charge is 0.160 e. The van der Waals surface area contributed by atoms with Crippen molar-refractivity contribution in [3.8, 4) is 11.5 Å². The van der Waals surface area contributed by atoms with E-state index in [1.54, 1.807) is 30.6 Å². The average molecular weight is 291 g/mol. The molecule has 2 rings (SSSR count). The lowest BCUT2D eigenvalue weighted by Gasteiger charge is -2.17. The van der Waals surface area contributed by atoms with E-state index in [0.29, 0.717) is 11.8 Å². The molecule has 1 atom stereocenters. The third kappa shape index (κ3) is 3.74. The first kappa shape index (κ1) is 14.9. The zero-order valence-electron chi connectivity index (χ0n) is 11.9. The van der Waals surface area contributed by atoms with Crippen LogP contribution >= 0.6 is 11.3 Å². The number of aromatic hydroxyl groups is 1. The zero-order chi connectivity index (χ0) is 14.4. The second-order valence-electron chi connectivity index (χ2n) is 4.74. The molecule has 0 saturated carbocycles. The highest BCUT2D eigenvalue weighted by Crippen LogP contribution is 2.27. The van der Waals surface area contributed by atoms with Crippen LogP contribution in [0.5, 0.6) is 11.5 Å². The summed E-state index contributed by atoms with van der Waals surface area (Å²) >= 11 is 1.78. The van der Waals surface area contributed by atoms with Gasteiger partial charge >= 0.3 is 0 Å². The SMILES string of the molecule is CCCC(NCc1ccc(OC)c(O)c1)c1cccs1. The summed E-state index contributed by atoms with van der Waals surface area (Å²) in [5, 5.41) is 15.5. The van der Waals surface area contributed by atoms with Gasteiger partial charge in [-0.05, 0) is 35.6 Å². The van der Waals surface area contributed by atoms with Gasteiger partial charge in [0.15, 0.2) is 11.5 Å². The number of methoxy groups -OCH3 is 1. The third-order valence-corrected chi connectivity index (χ3v) is 4.25. The Morgan fingerprint density at radius 1 is 1.35 bits per heavy atom. The third-order valence-electron chi connectivity index (χ3n) is 3.26. The predicted molar refractivity (Wildman–Crippen MR) is 83.5 cm³/mol. The van der Waals surface area contributed by atoms with Gasteiger partial charge in [0.1, 0.15) is 0 Å². The second-order valence-corrected chi connectivity index (χ2v) is 5.72. The fourth-order valence-electron chi connectivity index (χ4n) is 2.21. The molecule has 108 valence electrons. The summed E-state index contributed by atoms with van der Waals surface area (Å²) in [5.41, 5.74) is 1.06. The molecular weight excluding hydrogens is 270 g/mol. The molecule has 0 amide bonds. The van der Waals surface area contributed by atoms with Crippen molar-refractivity contribution < 1.29 is 9.84 Å². The second kappa shape index (κ2) is 7.31. The van der Waals surface area contributed by atoms with Crippen molar-refractivity contribution in [1.29, 1.82) is 0 Å². The monoisotopic (exact) mass is 291 g/mol. The molecule has 4 heteroatoms. The van der Waals surface area contributed by atoms with Crippen LogP contribution in [0.3, 0.4) is 0 Å². The number of ether oxygens (including phenoxy) is 1. The molecule has 0 fully saturated rings. The van der Waals surface area contributed by atoms with E-state index in [9.17, 15) is 5.11 Å². The van der Waals surface area contributed by atoms with E-state index in [4.69, 9.17) is 4.74 Å². The lowest BCUT2D eigenvalue weighted by molar-refractivity contribution is 0.372. The summed E-state index contributed by atoms with van der Waals surface area (Å²) < 4.78 is 5.05. The van der Waals surface area contributed by atoms with E-state index in [1.807, 2.05) is 6.07 Å². The molecule has 0 aliphatic carbocycles. The Bertz CT molecular complexity index is 525. The summed E-state index contributed by atoms with van der Waals surface area (Å²) in [4.78, 5) is 1.37. The molecule has 1 aromatic heterocycles. The first-order valence-corrected chi connectivity index (χ1v) is 7.75. The van der Waals surface area contributed by atoms with Gasteiger partial charge in [-0.2, -0.15) is 0 Å². The molecule has 1 unspecified atom stereocenters. The maximum Gasteiger partial charge on any atom is 0.160 e. The zero-order valence-corrected chi connectivity index (χ0v) is 12.7. The number of hydrogen-bond donors (Lipinski definition) is 2. The highest BCUT2D eigenvalue weighted by Gasteiger charge is 2.11. The fraction of sp³-hybridized carbons (Fsp3) is 0.375. The first-order chi connectivity index (χ1) is 9.74. The van der Waals surface area contributed by atoms with Crippen LogP contribution in [0.4, 0.5) is 0 Å². The molecule has 0 radical (unpaired) electrons. The van der Waals surface area contributed by atoms with Crippen molar-refractivity contribution in [2.45, 2.75) is 32.4 Å². The van der Waals surface area contributed by atoms with E-state index in [0.717, 1.165) is 24.9 Å². The van der Waals surface area contributed by atoms with Crippen LogP contribution in [0.25, 0.3) is 0 Å². The van der Waals surface area contributed by atoms with Crippen molar-refractivity contribution in [2.75, 3.05) is 7.11 Å². The van der Waals surface area contributed by atoms with E-state index in [-0.39, 0.29) is 5.75 Å².